The van der Waals surface area contributed by atoms with E-state index >= 15 is 0 Å². The van der Waals surface area contributed by atoms with Gasteiger partial charge in [-0.1, -0.05) is 0 Å². The third-order valence-electron chi connectivity index (χ3n) is 1.69. The third-order valence-corrected chi connectivity index (χ3v) is 1.69. The van der Waals surface area contributed by atoms with E-state index in [0.29, 0.717) is 6.54 Å². The Balaban J connectivity index is 2.51. The molecule has 0 radical (unpaired) electrons. The normalized spacial score (nSPS) is 10.5. The van der Waals surface area contributed by atoms with Crippen LogP contribution in [0.5, 0.6) is 0 Å². The van der Waals surface area contributed by atoms with E-state index in [1.807, 2.05) is 19.1 Å². The Morgan fingerprint density at radius 2 is 2.21 bits per heavy atom. The van der Waals surface area contributed by atoms with E-state index < -0.39 is 5.97 Å². The highest BCUT2D eigenvalue weighted by molar-refractivity contribution is 5.68. The average Bonchev–Trinajstić information content (AvgIpc) is 2.07. The van der Waals surface area contributed by atoms with Crippen LogP contribution in [0.4, 0.5) is 0 Å². The molecule has 5 nitrogen and oxygen atoms in total. The molecule has 0 bridgehead atoms. The second kappa shape index (κ2) is 4.66. The van der Waals surface area contributed by atoms with E-state index in [-0.39, 0.29) is 6.54 Å². The van der Waals surface area contributed by atoms with Crippen LogP contribution < -0.4 is 0 Å². The molecule has 5 heteroatoms. The van der Waals surface area contributed by atoms with Crippen LogP contribution in [0.1, 0.15) is 11.4 Å². The lowest BCUT2D eigenvalue weighted by molar-refractivity contribution is -0.138. The number of hydrogen-bond donors (Lipinski definition) is 1. The van der Waals surface area contributed by atoms with Crippen molar-refractivity contribution in [1.82, 2.24) is 15.1 Å². The molecule has 0 aliphatic heterocycles. The van der Waals surface area contributed by atoms with Crippen LogP contribution in [-0.2, 0) is 11.3 Å². The van der Waals surface area contributed by atoms with Crippen molar-refractivity contribution in [3.05, 3.63) is 23.5 Å². The fourth-order valence-corrected chi connectivity index (χ4v) is 1.07. The minimum Gasteiger partial charge on any atom is -0.480 e. The largest absolute Gasteiger partial charge is 0.480 e. The lowest BCUT2D eigenvalue weighted by atomic mass is 10.3. The van der Waals surface area contributed by atoms with Crippen LogP contribution >= 0.6 is 0 Å². The quantitative estimate of drug-likeness (QED) is 0.748. The fourth-order valence-electron chi connectivity index (χ4n) is 1.07. The number of aromatic nitrogens is 2. The molecule has 1 N–H and O–H groups in total. The number of rotatable bonds is 4. The maximum absolute atomic E-state index is 10.4. The molecule has 0 saturated carbocycles. The van der Waals surface area contributed by atoms with Gasteiger partial charge in [0.1, 0.15) is 0 Å². The van der Waals surface area contributed by atoms with E-state index in [9.17, 15) is 4.79 Å². The standard InChI is InChI=1S/C9H13N3O2/c1-7-3-4-8(11-10-7)5-12(2)6-9(13)14/h3-4H,5-6H2,1-2H3,(H,13,14). The first-order chi connectivity index (χ1) is 6.58. The Morgan fingerprint density at radius 1 is 1.50 bits per heavy atom. The summed E-state index contributed by atoms with van der Waals surface area (Å²) in [5.41, 5.74) is 1.63. The molecule has 0 aromatic carbocycles. The van der Waals surface area contributed by atoms with Gasteiger partial charge in [0, 0.05) is 6.54 Å². The van der Waals surface area contributed by atoms with Gasteiger partial charge in [-0.05, 0) is 26.1 Å². The van der Waals surface area contributed by atoms with Crippen molar-refractivity contribution < 1.29 is 9.90 Å². The van der Waals surface area contributed by atoms with Crippen LogP contribution in [0, 0.1) is 6.92 Å². The van der Waals surface area contributed by atoms with E-state index in [1.165, 1.54) is 0 Å². The van der Waals surface area contributed by atoms with Crippen LogP contribution in [-0.4, -0.2) is 39.8 Å². The number of carbonyl (C=O) groups is 1. The average molecular weight is 195 g/mol. The molecule has 0 fully saturated rings. The van der Waals surface area contributed by atoms with Crippen molar-refractivity contribution in [3.63, 3.8) is 0 Å². The highest BCUT2D eigenvalue weighted by Crippen LogP contribution is 1.98. The molecule has 1 aromatic heterocycles. The van der Waals surface area contributed by atoms with Crippen molar-refractivity contribution in [1.29, 1.82) is 0 Å². The van der Waals surface area contributed by atoms with Gasteiger partial charge in [-0.2, -0.15) is 10.2 Å². The summed E-state index contributed by atoms with van der Waals surface area (Å²) in [6, 6.07) is 3.71. The molecule has 14 heavy (non-hydrogen) atoms. The van der Waals surface area contributed by atoms with Gasteiger partial charge in [0.25, 0.3) is 0 Å². The summed E-state index contributed by atoms with van der Waals surface area (Å²) in [7, 11) is 1.73. The highest BCUT2D eigenvalue weighted by atomic mass is 16.4. The molecule has 0 atom stereocenters. The summed E-state index contributed by atoms with van der Waals surface area (Å²) in [6.45, 7) is 2.37. The van der Waals surface area contributed by atoms with Gasteiger partial charge in [0.2, 0.25) is 0 Å². The minimum absolute atomic E-state index is 0.00948. The van der Waals surface area contributed by atoms with Crippen LogP contribution in [0.3, 0.4) is 0 Å². The third kappa shape index (κ3) is 3.49. The zero-order valence-electron chi connectivity index (χ0n) is 8.27. The monoisotopic (exact) mass is 195 g/mol. The number of likely N-dealkylation sites (N-methyl/N-ethyl adjacent to an activating group) is 1. The van der Waals surface area contributed by atoms with Crippen LogP contribution in [0.15, 0.2) is 12.1 Å². The second-order valence-corrected chi connectivity index (χ2v) is 3.23. The molecule has 76 valence electrons. The number of nitrogens with zero attached hydrogens (tertiary/aromatic N) is 3. The first-order valence-electron chi connectivity index (χ1n) is 4.27. The molecular formula is C9H13N3O2. The predicted molar refractivity (Wildman–Crippen MR) is 50.7 cm³/mol. The van der Waals surface area contributed by atoms with Gasteiger partial charge in [0.05, 0.1) is 17.9 Å². The number of carboxylic acids is 1. The summed E-state index contributed by atoms with van der Waals surface area (Å²) in [5.74, 6) is -0.840. The van der Waals surface area contributed by atoms with Gasteiger partial charge in [-0.3, -0.25) is 9.69 Å². The number of hydrogen-bond acceptors (Lipinski definition) is 4. The molecular weight excluding hydrogens is 182 g/mol. The van der Waals surface area contributed by atoms with Crippen molar-refractivity contribution >= 4 is 5.97 Å². The predicted octanol–water partition coefficient (Wildman–Crippen LogP) is 0.301. The molecule has 0 unspecified atom stereocenters. The highest BCUT2D eigenvalue weighted by Gasteiger charge is 2.05. The summed E-state index contributed by atoms with van der Waals surface area (Å²) in [5, 5.41) is 16.4. The molecule has 0 saturated heterocycles. The Hall–Kier alpha value is -1.49. The lowest BCUT2D eigenvalue weighted by Gasteiger charge is -2.12. The van der Waals surface area contributed by atoms with Crippen molar-refractivity contribution in [2.75, 3.05) is 13.6 Å². The van der Waals surface area contributed by atoms with E-state index in [0.717, 1.165) is 11.4 Å². The second-order valence-electron chi connectivity index (χ2n) is 3.23. The summed E-state index contributed by atoms with van der Waals surface area (Å²) >= 11 is 0. The lowest BCUT2D eigenvalue weighted by Crippen LogP contribution is -2.25. The molecule has 1 aromatic rings. The Morgan fingerprint density at radius 3 is 2.71 bits per heavy atom. The van der Waals surface area contributed by atoms with Crippen LogP contribution in [0.25, 0.3) is 0 Å². The first-order valence-corrected chi connectivity index (χ1v) is 4.27. The molecule has 0 aliphatic carbocycles. The summed E-state index contributed by atoms with van der Waals surface area (Å²) < 4.78 is 0. The number of aryl methyl sites for hydroxylation is 1. The minimum atomic E-state index is -0.840. The van der Waals surface area contributed by atoms with Crippen molar-refractivity contribution in [2.24, 2.45) is 0 Å². The van der Waals surface area contributed by atoms with Gasteiger partial charge in [-0.15, -0.1) is 0 Å². The smallest absolute Gasteiger partial charge is 0.317 e. The fraction of sp³-hybridized carbons (Fsp3) is 0.444. The SMILES string of the molecule is Cc1ccc(CN(C)CC(=O)O)nn1. The van der Waals surface area contributed by atoms with E-state index in [2.05, 4.69) is 10.2 Å². The first kappa shape index (κ1) is 10.6. The number of aliphatic carboxylic acids is 1. The van der Waals surface area contributed by atoms with Gasteiger partial charge < -0.3 is 5.11 Å². The Bertz CT molecular complexity index is 310. The molecule has 0 amide bonds. The molecule has 0 spiro atoms. The molecule has 0 aliphatic rings. The summed E-state index contributed by atoms with van der Waals surface area (Å²) in [4.78, 5) is 12.0. The van der Waals surface area contributed by atoms with Crippen molar-refractivity contribution in [2.45, 2.75) is 13.5 Å². The van der Waals surface area contributed by atoms with Gasteiger partial charge in [-0.25, -0.2) is 0 Å². The van der Waals surface area contributed by atoms with Gasteiger partial charge in [0.15, 0.2) is 0 Å². The van der Waals surface area contributed by atoms with Crippen LogP contribution in [0.2, 0.25) is 0 Å². The van der Waals surface area contributed by atoms with Crippen molar-refractivity contribution in [3.8, 4) is 0 Å². The Labute approximate surface area is 82.4 Å². The molecule has 1 rings (SSSR count). The molecule has 1 heterocycles. The maximum Gasteiger partial charge on any atom is 0.317 e. The Kier molecular flexibility index (Phi) is 3.53. The summed E-state index contributed by atoms with van der Waals surface area (Å²) in [6.07, 6.45) is 0. The van der Waals surface area contributed by atoms with E-state index in [1.54, 1.807) is 11.9 Å². The topological polar surface area (TPSA) is 66.3 Å². The van der Waals surface area contributed by atoms with Gasteiger partial charge >= 0.3 is 5.97 Å². The zero-order valence-corrected chi connectivity index (χ0v) is 8.27. The maximum atomic E-state index is 10.4. The van der Waals surface area contributed by atoms with E-state index in [4.69, 9.17) is 5.11 Å². The number of carboxylic acid groups (broad SMARTS) is 1. The zero-order chi connectivity index (χ0) is 10.6.